The van der Waals surface area contributed by atoms with Gasteiger partial charge in [-0.1, -0.05) is 0 Å². The minimum Gasteiger partial charge on any atom is -0.338 e. The Hall–Kier alpha value is -2.17. The summed E-state index contributed by atoms with van der Waals surface area (Å²) in [5.41, 5.74) is 0.715. The second-order valence-corrected chi connectivity index (χ2v) is 4.75. The van der Waals surface area contributed by atoms with Crippen molar-refractivity contribution < 1.29 is 4.79 Å². The highest BCUT2D eigenvalue weighted by molar-refractivity contribution is 5.94. The summed E-state index contributed by atoms with van der Waals surface area (Å²) in [4.78, 5) is 18.1. The van der Waals surface area contributed by atoms with E-state index in [2.05, 4.69) is 10.1 Å². The number of carbonyl (C=O) groups excluding carboxylic acids is 1. The van der Waals surface area contributed by atoms with Gasteiger partial charge in [-0.2, -0.15) is 5.10 Å². The molecule has 1 fully saturated rings. The molecule has 0 spiro atoms. The number of likely N-dealkylation sites (tertiary alicyclic amines) is 1. The third kappa shape index (κ3) is 2.50. The average molecular weight is 256 g/mol. The summed E-state index contributed by atoms with van der Waals surface area (Å²) in [6, 6.07) is 5.88. The number of piperidine rings is 1. The van der Waals surface area contributed by atoms with Crippen LogP contribution < -0.4 is 0 Å². The Bertz CT molecular complexity index is 530. The molecule has 2 aromatic heterocycles. The van der Waals surface area contributed by atoms with Gasteiger partial charge in [-0.15, -0.1) is 0 Å². The quantitative estimate of drug-likeness (QED) is 0.822. The second kappa shape index (κ2) is 5.22. The Kier molecular flexibility index (Phi) is 3.27. The molecule has 1 aliphatic heterocycles. The maximum Gasteiger partial charge on any atom is 0.253 e. The number of pyridine rings is 1. The normalized spacial score (nSPS) is 16.5. The molecule has 1 saturated heterocycles. The van der Waals surface area contributed by atoms with Gasteiger partial charge < -0.3 is 4.90 Å². The smallest absolute Gasteiger partial charge is 0.253 e. The first kappa shape index (κ1) is 11.9. The molecule has 0 atom stereocenters. The van der Waals surface area contributed by atoms with E-state index >= 15 is 0 Å². The minimum atomic E-state index is 0.0984. The molecule has 0 radical (unpaired) electrons. The highest BCUT2D eigenvalue weighted by Gasteiger charge is 2.24. The van der Waals surface area contributed by atoms with Crippen LogP contribution in [-0.4, -0.2) is 38.7 Å². The molecule has 0 aliphatic carbocycles. The molecule has 98 valence electrons. The molecule has 0 unspecified atom stereocenters. The molecular weight excluding hydrogens is 240 g/mol. The first-order valence-corrected chi connectivity index (χ1v) is 6.53. The molecule has 3 rings (SSSR count). The van der Waals surface area contributed by atoms with Crippen molar-refractivity contribution in [2.24, 2.45) is 0 Å². The topological polar surface area (TPSA) is 51.0 Å². The molecule has 0 bridgehead atoms. The molecule has 0 N–H and O–H groups in total. The molecule has 19 heavy (non-hydrogen) atoms. The zero-order chi connectivity index (χ0) is 13.1. The van der Waals surface area contributed by atoms with Crippen molar-refractivity contribution in [3.05, 3.63) is 48.5 Å². The van der Waals surface area contributed by atoms with E-state index < -0.39 is 0 Å². The van der Waals surface area contributed by atoms with E-state index in [9.17, 15) is 4.79 Å². The SMILES string of the molecule is O=C(c1ccncc1)N1CCC(n2cccn2)CC1. The second-order valence-electron chi connectivity index (χ2n) is 4.75. The monoisotopic (exact) mass is 256 g/mol. The van der Waals surface area contributed by atoms with Crippen molar-refractivity contribution in [2.75, 3.05) is 13.1 Å². The van der Waals surface area contributed by atoms with Gasteiger partial charge in [-0.25, -0.2) is 0 Å². The molecule has 5 nitrogen and oxygen atoms in total. The molecule has 1 aliphatic rings. The summed E-state index contributed by atoms with van der Waals surface area (Å²) in [6.45, 7) is 1.57. The van der Waals surface area contributed by atoms with Crippen LogP contribution in [-0.2, 0) is 0 Å². The van der Waals surface area contributed by atoms with Crippen LogP contribution in [0, 0.1) is 0 Å². The standard InChI is InChI=1S/C14H16N4O/c19-14(12-2-7-15-8-3-12)17-10-4-13(5-11-17)18-9-1-6-16-18/h1-3,6-9,13H,4-5,10-11H2. The van der Waals surface area contributed by atoms with Gasteiger partial charge in [0.1, 0.15) is 0 Å². The van der Waals surface area contributed by atoms with Gasteiger partial charge >= 0.3 is 0 Å². The fourth-order valence-electron chi connectivity index (χ4n) is 2.51. The highest BCUT2D eigenvalue weighted by atomic mass is 16.2. The maximum absolute atomic E-state index is 12.3. The van der Waals surface area contributed by atoms with E-state index in [4.69, 9.17) is 0 Å². The van der Waals surface area contributed by atoms with Gasteiger partial charge in [-0.3, -0.25) is 14.5 Å². The van der Waals surface area contributed by atoms with Crippen LogP contribution in [0.2, 0.25) is 0 Å². The summed E-state index contributed by atoms with van der Waals surface area (Å²) >= 11 is 0. The Labute approximate surface area is 111 Å². The number of carbonyl (C=O) groups is 1. The number of amides is 1. The minimum absolute atomic E-state index is 0.0984. The summed E-state index contributed by atoms with van der Waals surface area (Å²) in [5, 5.41) is 4.27. The van der Waals surface area contributed by atoms with E-state index in [0.717, 1.165) is 25.9 Å². The third-order valence-corrected chi connectivity index (χ3v) is 3.58. The summed E-state index contributed by atoms with van der Waals surface area (Å²) < 4.78 is 1.99. The van der Waals surface area contributed by atoms with Crippen LogP contribution in [0.25, 0.3) is 0 Å². The lowest BCUT2D eigenvalue weighted by atomic mass is 10.0. The number of hydrogen-bond acceptors (Lipinski definition) is 3. The summed E-state index contributed by atoms with van der Waals surface area (Å²) in [7, 11) is 0. The largest absolute Gasteiger partial charge is 0.338 e. The van der Waals surface area contributed by atoms with Crippen molar-refractivity contribution >= 4 is 5.91 Å². The summed E-state index contributed by atoms with van der Waals surface area (Å²) in [5.74, 6) is 0.0984. The Balaban J connectivity index is 1.63. The van der Waals surface area contributed by atoms with Gasteiger partial charge in [0.15, 0.2) is 0 Å². The summed E-state index contributed by atoms with van der Waals surface area (Å²) in [6.07, 6.45) is 9.02. The number of nitrogens with zero attached hydrogens (tertiary/aromatic N) is 4. The molecule has 0 aromatic carbocycles. The van der Waals surface area contributed by atoms with Crippen molar-refractivity contribution in [3.8, 4) is 0 Å². The number of hydrogen-bond donors (Lipinski definition) is 0. The molecule has 5 heteroatoms. The molecule has 3 heterocycles. The van der Waals surface area contributed by atoms with Crippen LogP contribution in [0.1, 0.15) is 29.2 Å². The first-order chi connectivity index (χ1) is 9.34. The van der Waals surface area contributed by atoms with Gasteiger partial charge in [-0.05, 0) is 31.0 Å². The molecule has 2 aromatic rings. The van der Waals surface area contributed by atoms with E-state index in [-0.39, 0.29) is 5.91 Å². The Morgan fingerprint density at radius 3 is 2.53 bits per heavy atom. The lowest BCUT2D eigenvalue weighted by Gasteiger charge is -2.32. The van der Waals surface area contributed by atoms with Crippen LogP contribution in [0.3, 0.4) is 0 Å². The van der Waals surface area contributed by atoms with Crippen molar-refractivity contribution in [2.45, 2.75) is 18.9 Å². The van der Waals surface area contributed by atoms with E-state index in [0.29, 0.717) is 11.6 Å². The highest BCUT2D eigenvalue weighted by Crippen LogP contribution is 2.22. The predicted octanol–water partition coefficient (Wildman–Crippen LogP) is 1.76. The first-order valence-electron chi connectivity index (χ1n) is 6.53. The van der Waals surface area contributed by atoms with Gasteiger partial charge in [0, 0.05) is 43.4 Å². The average Bonchev–Trinajstić information content (AvgIpc) is 3.02. The number of rotatable bonds is 2. The predicted molar refractivity (Wildman–Crippen MR) is 70.6 cm³/mol. The fraction of sp³-hybridized carbons (Fsp3) is 0.357. The zero-order valence-electron chi connectivity index (χ0n) is 10.6. The zero-order valence-corrected chi connectivity index (χ0v) is 10.6. The Morgan fingerprint density at radius 1 is 1.16 bits per heavy atom. The van der Waals surface area contributed by atoms with Crippen LogP contribution in [0.5, 0.6) is 0 Å². The van der Waals surface area contributed by atoms with Crippen molar-refractivity contribution in [1.82, 2.24) is 19.7 Å². The van der Waals surface area contributed by atoms with Crippen LogP contribution in [0.4, 0.5) is 0 Å². The fourth-order valence-corrected chi connectivity index (χ4v) is 2.51. The van der Waals surface area contributed by atoms with Crippen molar-refractivity contribution in [3.63, 3.8) is 0 Å². The third-order valence-electron chi connectivity index (χ3n) is 3.58. The maximum atomic E-state index is 12.3. The van der Waals surface area contributed by atoms with Crippen molar-refractivity contribution in [1.29, 1.82) is 0 Å². The van der Waals surface area contributed by atoms with Crippen LogP contribution >= 0.6 is 0 Å². The van der Waals surface area contributed by atoms with E-state index in [1.807, 2.05) is 21.8 Å². The number of aromatic nitrogens is 3. The van der Waals surface area contributed by atoms with Crippen LogP contribution in [0.15, 0.2) is 43.0 Å². The lowest BCUT2D eigenvalue weighted by molar-refractivity contribution is 0.0690. The van der Waals surface area contributed by atoms with Gasteiger partial charge in [0.25, 0.3) is 5.91 Å². The molecule has 0 saturated carbocycles. The molecule has 1 amide bonds. The van der Waals surface area contributed by atoms with E-state index in [1.54, 1.807) is 30.7 Å². The van der Waals surface area contributed by atoms with E-state index in [1.165, 1.54) is 0 Å². The van der Waals surface area contributed by atoms with Gasteiger partial charge in [0.2, 0.25) is 0 Å². The van der Waals surface area contributed by atoms with Gasteiger partial charge in [0.05, 0.1) is 6.04 Å². The lowest BCUT2D eigenvalue weighted by Crippen LogP contribution is -2.39. The molecular formula is C14H16N4O. The Morgan fingerprint density at radius 2 is 1.89 bits per heavy atom.